The van der Waals surface area contributed by atoms with Gasteiger partial charge in [0.1, 0.15) is 0 Å². The van der Waals surface area contributed by atoms with Crippen molar-refractivity contribution < 1.29 is 4.79 Å². The lowest BCUT2D eigenvalue weighted by Crippen LogP contribution is -2.38. The highest BCUT2D eigenvalue weighted by atomic mass is 16.2. The first kappa shape index (κ1) is 21.5. The fourth-order valence-electron chi connectivity index (χ4n) is 3.11. The van der Waals surface area contributed by atoms with Gasteiger partial charge in [0, 0.05) is 19.5 Å². The molecule has 2 unspecified atom stereocenters. The Morgan fingerprint density at radius 3 is 1.55 bits per heavy atom. The summed E-state index contributed by atoms with van der Waals surface area (Å²) in [5.74, 6) is 1.75. The van der Waals surface area contributed by atoms with E-state index in [1.165, 1.54) is 51.4 Å². The molecule has 22 heavy (non-hydrogen) atoms. The highest BCUT2D eigenvalue weighted by Crippen LogP contribution is 2.19. The number of hydrogen-bond donors (Lipinski definition) is 0. The van der Waals surface area contributed by atoms with Gasteiger partial charge in [0.2, 0.25) is 5.91 Å². The Kier molecular flexibility index (Phi) is 13.7. The molecule has 0 rings (SSSR count). The topological polar surface area (TPSA) is 20.3 Å². The fourth-order valence-corrected chi connectivity index (χ4v) is 3.11. The number of nitrogens with zero attached hydrogens (tertiary/aromatic N) is 1. The van der Waals surface area contributed by atoms with Crippen LogP contribution >= 0.6 is 0 Å². The van der Waals surface area contributed by atoms with Gasteiger partial charge in [0.05, 0.1) is 0 Å². The Hall–Kier alpha value is -0.530. The normalized spacial score (nSPS) is 13.9. The molecule has 0 spiro atoms. The molecular formula is C20H41NO. The van der Waals surface area contributed by atoms with Crippen LogP contribution in [0.25, 0.3) is 0 Å². The summed E-state index contributed by atoms with van der Waals surface area (Å²) in [5.41, 5.74) is 0. The molecule has 2 nitrogen and oxygen atoms in total. The molecule has 0 aliphatic carbocycles. The quantitative estimate of drug-likeness (QED) is 0.382. The minimum atomic E-state index is 0.382. The summed E-state index contributed by atoms with van der Waals surface area (Å²) in [5, 5.41) is 0. The first-order chi connectivity index (χ1) is 10.6. The summed E-state index contributed by atoms with van der Waals surface area (Å²) in [6, 6.07) is 0. The van der Waals surface area contributed by atoms with Gasteiger partial charge in [-0.15, -0.1) is 0 Å². The Morgan fingerprint density at radius 1 is 0.773 bits per heavy atom. The van der Waals surface area contributed by atoms with Crippen molar-refractivity contribution in [2.45, 2.75) is 98.8 Å². The molecule has 0 aromatic carbocycles. The molecule has 0 aromatic rings. The van der Waals surface area contributed by atoms with Crippen LogP contribution in [0.5, 0.6) is 0 Å². The van der Waals surface area contributed by atoms with Crippen LogP contribution in [0.4, 0.5) is 0 Å². The van der Waals surface area contributed by atoms with Crippen LogP contribution in [-0.2, 0) is 4.79 Å². The molecule has 0 aromatic heterocycles. The van der Waals surface area contributed by atoms with Crippen molar-refractivity contribution in [3.8, 4) is 0 Å². The van der Waals surface area contributed by atoms with Crippen LogP contribution < -0.4 is 0 Å². The van der Waals surface area contributed by atoms with E-state index in [9.17, 15) is 4.79 Å². The van der Waals surface area contributed by atoms with E-state index in [0.29, 0.717) is 24.2 Å². The van der Waals surface area contributed by atoms with Crippen molar-refractivity contribution >= 4 is 5.91 Å². The predicted molar refractivity (Wildman–Crippen MR) is 98.1 cm³/mol. The Bertz CT molecular complexity index is 246. The van der Waals surface area contributed by atoms with Gasteiger partial charge < -0.3 is 4.90 Å². The second kappa shape index (κ2) is 14.1. The van der Waals surface area contributed by atoms with E-state index in [-0.39, 0.29) is 0 Å². The monoisotopic (exact) mass is 311 g/mol. The maximum absolute atomic E-state index is 12.5. The van der Waals surface area contributed by atoms with Gasteiger partial charge in [-0.3, -0.25) is 4.79 Å². The predicted octanol–water partition coefficient (Wildman–Crippen LogP) is 6.05. The lowest BCUT2D eigenvalue weighted by atomic mass is 9.95. The molecule has 1 amide bonds. The first-order valence-electron chi connectivity index (χ1n) is 9.90. The van der Waals surface area contributed by atoms with Crippen LogP contribution in [-0.4, -0.2) is 23.9 Å². The molecule has 0 heterocycles. The summed E-state index contributed by atoms with van der Waals surface area (Å²) in [4.78, 5) is 14.7. The fraction of sp³-hybridized carbons (Fsp3) is 0.950. The average Bonchev–Trinajstić information content (AvgIpc) is 2.53. The van der Waals surface area contributed by atoms with Gasteiger partial charge in [-0.2, -0.15) is 0 Å². The zero-order valence-electron chi connectivity index (χ0n) is 16.0. The third kappa shape index (κ3) is 9.48. The van der Waals surface area contributed by atoms with Gasteiger partial charge in [-0.05, 0) is 31.1 Å². The molecule has 0 radical (unpaired) electrons. The number of carbonyl (C=O) groups is 1. The SMILES string of the molecule is CCCCC(CC)CN(CC(CC)CCCC)C(=O)CCC. The summed E-state index contributed by atoms with van der Waals surface area (Å²) in [6.45, 7) is 13.1. The number of hydrogen-bond acceptors (Lipinski definition) is 1. The molecule has 0 saturated carbocycles. The number of carbonyl (C=O) groups excluding carboxylic acids is 1. The molecule has 0 saturated heterocycles. The maximum atomic E-state index is 12.5. The summed E-state index contributed by atoms with van der Waals surface area (Å²) >= 11 is 0. The smallest absolute Gasteiger partial charge is 0.222 e. The zero-order chi connectivity index (χ0) is 16.8. The lowest BCUT2D eigenvalue weighted by Gasteiger charge is -2.31. The Balaban J connectivity index is 4.67. The minimum absolute atomic E-state index is 0.382. The van der Waals surface area contributed by atoms with E-state index in [1.807, 2.05) is 0 Å². The molecule has 0 aliphatic rings. The van der Waals surface area contributed by atoms with Gasteiger partial charge in [0.25, 0.3) is 0 Å². The largest absolute Gasteiger partial charge is 0.342 e. The van der Waals surface area contributed by atoms with E-state index < -0.39 is 0 Å². The molecule has 2 atom stereocenters. The van der Waals surface area contributed by atoms with E-state index in [4.69, 9.17) is 0 Å². The van der Waals surface area contributed by atoms with E-state index in [2.05, 4.69) is 39.5 Å². The van der Waals surface area contributed by atoms with Crippen molar-refractivity contribution in [2.75, 3.05) is 13.1 Å². The lowest BCUT2D eigenvalue weighted by molar-refractivity contribution is -0.132. The van der Waals surface area contributed by atoms with Gasteiger partial charge in [0.15, 0.2) is 0 Å². The molecule has 0 fully saturated rings. The van der Waals surface area contributed by atoms with Crippen molar-refractivity contribution in [1.29, 1.82) is 0 Å². The molecule has 0 N–H and O–H groups in total. The van der Waals surface area contributed by atoms with Crippen LogP contribution in [0.2, 0.25) is 0 Å². The second-order valence-electron chi connectivity index (χ2n) is 6.88. The molecular weight excluding hydrogens is 270 g/mol. The average molecular weight is 312 g/mol. The van der Waals surface area contributed by atoms with Crippen LogP contribution in [0, 0.1) is 11.8 Å². The first-order valence-corrected chi connectivity index (χ1v) is 9.90. The summed E-state index contributed by atoms with van der Waals surface area (Å²) in [6.07, 6.45) is 11.7. The Morgan fingerprint density at radius 2 is 1.23 bits per heavy atom. The molecule has 0 aliphatic heterocycles. The van der Waals surface area contributed by atoms with Crippen LogP contribution in [0.15, 0.2) is 0 Å². The Labute approximate surface area is 140 Å². The second-order valence-corrected chi connectivity index (χ2v) is 6.88. The van der Waals surface area contributed by atoms with Gasteiger partial charge in [-0.25, -0.2) is 0 Å². The van der Waals surface area contributed by atoms with Crippen molar-refractivity contribution in [2.24, 2.45) is 11.8 Å². The summed E-state index contributed by atoms with van der Waals surface area (Å²) < 4.78 is 0. The number of unbranched alkanes of at least 4 members (excludes halogenated alkanes) is 2. The number of amides is 1. The van der Waals surface area contributed by atoms with E-state index in [0.717, 1.165) is 19.5 Å². The third-order valence-electron chi connectivity index (χ3n) is 4.86. The molecule has 2 heteroatoms. The van der Waals surface area contributed by atoms with Gasteiger partial charge in [-0.1, -0.05) is 73.1 Å². The standard InChI is InChI=1S/C20H41NO/c1-6-11-14-18(9-4)16-21(20(22)13-8-3)17-19(10-5)15-12-7-2/h18-19H,6-17H2,1-5H3. The highest BCUT2D eigenvalue weighted by molar-refractivity contribution is 5.76. The van der Waals surface area contributed by atoms with Crippen molar-refractivity contribution in [3.05, 3.63) is 0 Å². The molecule has 0 bridgehead atoms. The third-order valence-corrected chi connectivity index (χ3v) is 4.86. The minimum Gasteiger partial charge on any atom is -0.342 e. The number of rotatable bonds is 14. The van der Waals surface area contributed by atoms with E-state index in [1.54, 1.807) is 0 Å². The molecule has 132 valence electrons. The van der Waals surface area contributed by atoms with Crippen LogP contribution in [0.3, 0.4) is 0 Å². The highest BCUT2D eigenvalue weighted by Gasteiger charge is 2.20. The van der Waals surface area contributed by atoms with E-state index >= 15 is 0 Å². The van der Waals surface area contributed by atoms with Gasteiger partial charge >= 0.3 is 0 Å². The van der Waals surface area contributed by atoms with Crippen LogP contribution in [0.1, 0.15) is 98.8 Å². The zero-order valence-corrected chi connectivity index (χ0v) is 16.0. The van der Waals surface area contributed by atoms with Crippen molar-refractivity contribution in [1.82, 2.24) is 4.90 Å². The maximum Gasteiger partial charge on any atom is 0.222 e. The van der Waals surface area contributed by atoms with Crippen molar-refractivity contribution in [3.63, 3.8) is 0 Å². The summed E-state index contributed by atoms with van der Waals surface area (Å²) in [7, 11) is 0.